The number of aryl methyl sites for hydroxylation is 1. The van der Waals surface area contributed by atoms with E-state index in [0.29, 0.717) is 12.1 Å². The molecule has 0 spiro atoms. The zero-order valence-electron chi connectivity index (χ0n) is 9.38. The van der Waals surface area contributed by atoms with Crippen molar-refractivity contribution in [1.29, 1.82) is 0 Å². The summed E-state index contributed by atoms with van der Waals surface area (Å²) in [5.41, 5.74) is 0.501. The summed E-state index contributed by atoms with van der Waals surface area (Å²) in [6, 6.07) is 0. The summed E-state index contributed by atoms with van der Waals surface area (Å²) < 4.78 is 1.40. The van der Waals surface area contributed by atoms with Crippen molar-refractivity contribution in [3.63, 3.8) is 0 Å². The van der Waals surface area contributed by atoms with Gasteiger partial charge < -0.3 is 20.5 Å². The standard InChI is InChI=1S/C9H16N4O3/c1-3-10-4-8(14)6-12-5-7(2)9(11-12)13(15)16/h5,8,10,14H,3-4,6H2,1-2H3. The van der Waals surface area contributed by atoms with E-state index in [2.05, 4.69) is 10.4 Å². The number of rotatable bonds is 6. The average Bonchev–Trinajstić information content (AvgIpc) is 2.56. The number of aliphatic hydroxyl groups excluding tert-OH is 1. The second-order valence-corrected chi connectivity index (χ2v) is 3.58. The van der Waals surface area contributed by atoms with Crippen LogP contribution in [0, 0.1) is 17.0 Å². The van der Waals surface area contributed by atoms with E-state index in [1.165, 1.54) is 4.68 Å². The second-order valence-electron chi connectivity index (χ2n) is 3.58. The van der Waals surface area contributed by atoms with Crippen molar-refractivity contribution < 1.29 is 10.0 Å². The van der Waals surface area contributed by atoms with Crippen LogP contribution in [0.2, 0.25) is 0 Å². The van der Waals surface area contributed by atoms with E-state index in [9.17, 15) is 15.2 Å². The minimum absolute atomic E-state index is 0.157. The van der Waals surface area contributed by atoms with Gasteiger partial charge in [0.05, 0.1) is 29.5 Å². The van der Waals surface area contributed by atoms with Crippen LogP contribution in [0.4, 0.5) is 5.82 Å². The van der Waals surface area contributed by atoms with E-state index in [0.717, 1.165) is 6.54 Å². The highest BCUT2D eigenvalue weighted by Gasteiger charge is 2.18. The summed E-state index contributed by atoms with van der Waals surface area (Å²) in [7, 11) is 0. The van der Waals surface area contributed by atoms with Gasteiger partial charge in [-0.15, -0.1) is 0 Å². The molecule has 0 aliphatic rings. The van der Waals surface area contributed by atoms with E-state index in [-0.39, 0.29) is 12.4 Å². The fourth-order valence-electron chi connectivity index (χ4n) is 1.38. The molecule has 1 atom stereocenters. The number of hydrogen-bond acceptors (Lipinski definition) is 5. The summed E-state index contributed by atoms with van der Waals surface area (Å²) in [4.78, 5) is 10.0. The van der Waals surface area contributed by atoms with Gasteiger partial charge in [0.1, 0.15) is 0 Å². The summed E-state index contributed by atoms with van der Waals surface area (Å²) in [6.07, 6.45) is 0.965. The van der Waals surface area contributed by atoms with Crippen LogP contribution in [0.1, 0.15) is 12.5 Å². The summed E-state index contributed by atoms with van der Waals surface area (Å²) >= 11 is 0. The molecule has 0 saturated carbocycles. The SMILES string of the molecule is CCNCC(O)Cn1cc(C)c([N+](=O)[O-])n1. The van der Waals surface area contributed by atoms with E-state index < -0.39 is 11.0 Å². The van der Waals surface area contributed by atoms with Crippen molar-refractivity contribution in [3.8, 4) is 0 Å². The Morgan fingerprint density at radius 1 is 1.75 bits per heavy atom. The molecule has 0 fully saturated rings. The molecular formula is C9H16N4O3. The maximum absolute atomic E-state index is 10.5. The zero-order valence-corrected chi connectivity index (χ0v) is 9.38. The molecule has 1 heterocycles. The van der Waals surface area contributed by atoms with Crippen LogP contribution in [0.25, 0.3) is 0 Å². The Labute approximate surface area is 93.2 Å². The number of nitrogens with zero attached hydrogens (tertiary/aromatic N) is 3. The van der Waals surface area contributed by atoms with Crippen LogP contribution in [-0.2, 0) is 6.54 Å². The number of likely N-dealkylation sites (N-methyl/N-ethyl adjacent to an activating group) is 1. The van der Waals surface area contributed by atoms with Gasteiger partial charge in [0.2, 0.25) is 0 Å². The first-order valence-electron chi connectivity index (χ1n) is 5.11. The van der Waals surface area contributed by atoms with E-state index >= 15 is 0 Å². The van der Waals surface area contributed by atoms with Gasteiger partial charge in [-0.3, -0.25) is 0 Å². The van der Waals surface area contributed by atoms with Crippen LogP contribution >= 0.6 is 0 Å². The summed E-state index contributed by atoms with van der Waals surface area (Å²) in [5, 5.41) is 26.9. The molecule has 1 aromatic heterocycles. The molecule has 0 saturated heterocycles. The minimum Gasteiger partial charge on any atom is -0.390 e. The average molecular weight is 228 g/mol. The predicted molar refractivity (Wildman–Crippen MR) is 58.2 cm³/mol. The second kappa shape index (κ2) is 5.57. The van der Waals surface area contributed by atoms with E-state index in [4.69, 9.17) is 0 Å². The van der Waals surface area contributed by atoms with Crippen LogP contribution in [0.5, 0.6) is 0 Å². The fraction of sp³-hybridized carbons (Fsp3) is 0.667. The highest BCUT2D eigenvalue weighted by molar-refractivity contribution is 5.27. The first kappa shape index (κ1) is 12.6. The lowest BCUT2D eigenvalue weighted by Gasteiger charge is -2.08. The molecule has 0 radical (unpaired) electrons. The van der Waals surface area contributed by atoms with Gasteiger partial charge in [0.15, 0.2) is 0 Å². The maximum Gasteiger partial charge on any atom is 0.392 e. The highest BCUT2D eigenvalue weighted by atomic mass is 16.6. The van der Waals surface area contributed by atoms with Crippen LogP contribution in [0.15, 0.2) is 6.20 Å². The van der Waals surface area contributed by atoms with Crippen LogP contribution < -0.4 is 5.32 Å². The lowest BCUT2D eigenvalue weighted by molar-refractivity contribution is -0.390. The molecule has 1 aromatic rings. The Hall–Kier alpha value is -1.47. The first-order valence-corrected chi connectivity index (χ1v) is 5.11. The first-order chi connectivity index (χ1) is 7.54. The Kier molecular flexibility index (Phi) is 4.39. The van der Waals surface area contributed by atoms with Gasteiger partial charge in [-0.25, -0.2) is 0 Å². The molecule has 16 heavy (non-hydrogen) atoms. The number of nitrogens with one attached hydrogen (secondary N) is 1. The molecular weight excluding hydrogens is 212 g/mol. The number of aromatic nitrogens is 2. The molecule has 0 amide bonds. The Morgan fingerprint density at radius 3 is 2.94 bits per heavy atom. The monoisotopic (exact) mass is 228 g/mol. The third kappa shape index (κ3) is 3.28. The van der Waals surface area contributed by atoms with Gasteiger partial charge >= 0.3 is 5.82 Å². The Bertz CT molecular complexity index is 364. The van der Waals surface area contributed by atoms with Gasteiger partial charge in [-0.05, 0) is 18.4 Å². The topological polar surface area (TPSA) is 93.2 Å². The molecule has 7 heteroatoms. The van der Waals surface area contributed by atoms with Gasteiger partial charge in [0.25, 0.3) is 0 Å². The molecule has 0 aliphatic heterocycles. The van der Waals surface area contributed by atoms with E-state index in [1.54, 1.807) is 13.1 Å². The van der Waals surface area contributed by atoms with Crippen molar-refractivity contribution in [3.05, 3.63) is 21.9 Å². The molecule has 0 aliphatic carbocycles. The molecule has 1 rings (SSSR count). The van der Waals surface area contributed by atoms with Crippen molar-refractivity contribution >= 4 is 5.82 Å². The molecule has 7 nitrogen and oxygen atoms in total. The quantitative estimate of drug-likeness (QED) is 0.531. The van der Waals surface area contributed by atoms with Crippen LogP contribution in [-0.4, -0.2) is 39.0 Å². The van der Waals surface area contributed by atoms with Crippen molar-refractivity contribution in [2.45, 2.75) is 26.5 Å². The van der Waals surface area contributed by atoms with Crippen molar-refractivity contribution in [1.82, 2.24) is 15.1 Å². The number of hydrogen-bond donors (Lipinski definition) is 2. The summed E-state index contributed by atoms with van der Waals surface area (Å²) in [6.45, 7) is 5.04. The predicted octanol–water partition coefficient (Wildman–Crippen LogP) is 0.0701. The third-order valence-electron chi connectivity index (χ3n) is 2.12. The van der Waals surface area contributed by atoms with Crippen LogP contribution in [0.3, 0.4) is 0 Å². The van der Waals surface area contributed by atoms with Crippen molar-refractivity contribution in [2.75, 3.05) is 13.1 Å². The van der Waals surface area contributed by atoms with Crippen molar-refractivity contribution in [2.24, 2.45) is 0 Å². The minimum atomic E-state index is -0.598. The molecule has 90 valence electrons. The number of aliphatic hydroxyl groups is 1. The van der Waals surface area contributed by atoms with Gasteiger partial charge in [-0.2, -0.15) is 4.68 Å². The Morgan fingerprint density at radius 2 is 2.44 bits per heavy atom. The lowest BCUT2D eigenvalue weighted by Crippen LogP contribution is -2.30. The molecule has 0 bridgehead atoms. The smallest absolute Gasteiger partial charge is 0.390 e. The number of nitro groups is 1. The Balaban J connectivity index is 2.60. The molecule has 1 unspecified atom stereocenters. The maximum atomic E-state index is 10.5. The molecule has 0 aromatic carbocycles. The van der Waals surface area contributed by atoms with Gasteiger partial charge in [0, 0.05) is 6.54 Å². The van der Waals surface area contributed by atoms with E-state index in [1.807, 2.05) is 6.92 Å². The largest absolute Gasteiger partial charge is 0.392 e. The summed E-state index contributed by atoms with van der Waals surface area (Å²) in [5.74, 6) is -0.157. The third-order valence-corrected chi connectivity index (χ3v) is 2.12. The fourth-order valence-corrected chi connectivity index (χ4v) is 1.38. The molecule has 2 N–H and O–H groups in total. The normalized spacial score (nSPS) is 12.7. The zero-order chi connectivity index (χ0) is 12.1. The lowest BCUT2D eigenvalue weighted by atomic mass is 10.3. The van der Waals surface area contributed by atoms with Gasteiger partial charge in [-0.1, -0.05) is 6.92 Å². The highest BCUT2D eigenvalue weighted by Crippen LogP contribution is 2.13.